The number of hydrogen-bond acceptors (Lipinski definition) is 2. The van der Waals surface area contributed by atoms with Crippen LogP contribution < -0.4 is 4.90 Å². The van der Waals surface area contributed by atoms with Gasteiger partial charge in [-0.1, -0.05) is 18.2 Å². The third kappa shape index (κ3) is 1.50. The number of hydrogen-bond donors (Lipinski definition) is 1. The Bertz CT molecular complexity index is 311. The summed E-state index contributed by atoms with van der Waals surface area (Å²) in [6.07, 6.45) is 0.882. The van der Waals surface area contributed by atoms with Crippen molar-refractivity contribution in [3.63, 3.8) is 0 Å². The van der Waals surface area contributed by atoms with E-state index in [1.54, 1.807) is 0 Å². The molecule has 1 aliphatic heterocycles. The van der Waals surface area contributed by atoms with Crippen molar-refractivity contribution in [3.05, 3.63) is 29.8 Å². The molecule has 1 aliphatic rings. The Kier molecular flexibility index (Phi) is 2.73. The fraction of sp³-hybridized carbons (Fsp3) is 0.500. The summed E-state index contributed by atoms with van der Waals surface area (Å²) in [5, 5.41) is 8.99. The van der Waals surface area contributed by atoms with Gasteiger partial charge in [0.25, 0.3) is 0 Å². The summed E-state index contributed by atoms with van der Waals surface area (Å²) in [5.41, 5.74) is 2.76. The van der Waals surface area contributed by atoms with Crippen LogP contribution in [-0.4, -0.2) is 24.8 Å². The highest BCUT2D eigenvalue weighted by Crippen LogP contribution is 2.37. The van der Waals surface area contributed by atoms with Crippen molar-refractivity contribution in [2.75, 3.05) is 24.6 Å². The minimum absolute atomic E-state index is 0.288. The number of aliphatic hydroxyl groups excluding tert-OH is 1. The van der Waals surface area contributed by atoms with Crippen molar-refractivity contribution < 1.29 is 5.11 Å². The molecule has 0 aromatic heterocycles. The van der Waals surface area contributed by atoms with Gasteiger partial charge in [0.15, 0.2) is 0 Å². The number of fused-ring (bicyclic) bond motifs is 1. The first-order valence-electron chi connectivity index (χ1n) is 5.31. The molecule has 0 spiro atoms. The van der Waals surface area contributed by atoms with E-state index in [1.165, 1.54) is 11.3 Å². The molecule has 14 heavy (non-hydrogen) atoms. The van der Waals surface area contributed by atoms with Gasteiger partial charge in [0.2, 0.25) is 0 Å². The molecule has 0 aliphatic carbocycles. The Morgan fingerprint density at radius 1 is 1.43 bits per heavy atom. The van der Waals surface area contributed by atoms with E-state index >= 15 is 0 Å². The lowest BCUT2D eigenvalue weighted by Crippen LogP contribution is -2.21. The molecule has 0 saturated heterocycles. The normalized spacial score (nSPS) is 19.9. The van der Waals surface area contributed by atoms with E-state index in [1.807, 2.05) is 0 Å². The molecule has 1 aromatic rings. The summed E-state index contributed by atoms with van der Waals surface area (Å²) in [6, 6.07) is 8.53. The lowest BCUT2D eigenvalue weighted by Gasteiger charge is -2.16. The lowest BCUT2D eigenvalue weighted by molar-refractivity contribution is 0.277. The van der Waals surface area contributed by atoms with Crippen molar-refractivity contribution in [1.29, 1.82) is 0 Å². The van der Waals surface area contributed by atoms with Gasteiger partial charge < -0.3 is 10.0 Å². The van der Waals surface area contributed by atoms with E-state index < -0.39 is 0 Å². The quantitative estimate of drug-likeness (QED) is 0.789. The van der Waals surface area contributed by atoms with Crippen LogP contribution >= 0.6 is 0 Å². The molecule has 1 heterocycles. The predicted molar refractivity (Wildman–Crippen MR) is 58.8 cm³/mol. The Hall–Kier alpha value is -1.02. The summed E-state index contributed by atoms with van der Waals surface area (Å²) in [4.78, 5) is 2.38. The number of rotatable bonds is 3. The Labute approximate surface area is 85.2 Å². The van der Waals surface area contributed by atoms with E-state index in [0.29, 0.717) is 5.92 Å². The van der Waals surface area contributed by atoms with Crippen molar-refractivity contribution in [2.24, 2.45) is 0 Å². The van der Waals surface area contributed by atoms with Crippen LogP contribution in [0.15, 0.2) is 24.3 Å². The van der Waals surface area contributed by atoms with Crippen LogP contribution in [0.4, 0.5) is 5.69 Å². The summed E-state index contributed by atoms with van der Waals surface area (Å²) in [6.45, 7) is 4.59. The maximum absolute atomic E-state index is 8.99. The highest BCUT2D eigenvalue weighted by atomic mass is 16.3. The smallest absolute Gasteiger partial charge is 0.0437 e. The van der Waals surface area contributed by atoms with Gasteiger partial charge in [-0.2, -0.15) is 0 Å². The molecule has 0 fully saturated rings. The minimum Gasteiger partial charge on any atom is -0.396 e. The van der Waals surface area contributed by atoms with Gasteiger partial charge in [-0.25, -0.2) is 0 Å². The molecule has 0 radical (unpaired) electrons. The van der Waals surface area contributed by atoms with Crippen molar-refractivity contribution in [2.45, 2.75) is 19.3 Å². The Morgan fingerprint density at radius 3 is 2.93 bits per heavy atom. The van der Waals surface area contributed by atoms with Crippen LogP contribution in [0.5, 0.6) is 0 Å². The van der Waals surface area contributed by atoms with Crippen LogP contribution in [0, 0.1) is 0 Å². The van der Waals surface area contributed by atoms with Gasteiger partial charge in [0.05, 0.1) is 0 Å². The molecular weight excluding hydrogens is 174 g/mol. The van der Waals surface area contributed by atoms with Crippen LogP contribution in [0.2, 0.25) is 0 Å². The third-order valence-electron chi connectivity index (χ3n) is 3.02. The first-order valence-corrected chi connectivity index (χ1v) is 5.31. The first-order chi connectivity index (χ1) is 6.86. The van der Waals surface area contributed by atoms with Crippen molar-refractivity contribution >= 4 is 5.69 Å². The minimum atomic E-state index is 0.288. The fourth-order valence-electron chi connectivity index (χ4n) is 2.29. The molecule has 2 rings (SSSR count). The maximum atomic E-state index is 8.99. The van der Waals surface area contributed by atoms with Gasteiger partial charge >= 0.3 is 0 Å². The monoisotopic (exact) mass is 191 g/mol. The molecule has 1 unspecified atom stereocenters. The number of nitrogens with zero attached hydrogens (tertiary/aromatic N) is 1. The average Bonchev–Trinajstić information content (AvgIpc) is 2.58. The second kappa shape index (κ2) is 4.01. The van der Waals surface area contributed by atoms with Crippen LogP contribution in [0.1, 0.15) is 24.8 Å². The fourth-order valence-corrected chi connectivity index (χ4v) is 2.29. The van der Waals surface area contributed by atoms with Crippen molar-refractivity contribution in [1.82, 2.24) is 0 Å². The van der Waals surface area contributed by atoms with E-state index in [0.717, 1.165) is 19.5 Å². The summed E-state index contributed by atoms with van der Waals surface area (Å²) >= 11 is 0. The number of aliphatic hydroxyl groups is 1. The van der Waals surface area contributed by atoms with Gasteiger partial charge in [-0.15, -0.1) is 0 Å². The molecule has 1 aromatic carbocycles. The third-order valence-corrected chi connectivity index (χ3v) is 3.02. The maximum Gasteiger partial charge on any atom is 0.0437 e. The van der Waals surface area contributed by atoms with E-state index in [9.17, 15) is 0 Å². The van der Waals surface area contributed by atoms with Crippen LogP contribution in [0.25, 0.3) is 0 Å². The Morgan fingerprint density at radius 2 is 2.21 bits per heavy atom. The molecule has 0 amide bonds. The molecule has 76 valence electrons. The Balaban J connectivity index is 2.29. The SMILES string of the molecule is CCN1CC(CCO)c2ccccc21. The lowest BCUT2D eigenvalue weighted by atomic mass is 9.99. The zero-order chi connectivity index (χ0) is 9.97. The highest BCUT2D eigenvalue weighted by Gasteiger charge is 2.26. The molecule has 1 atom stereocenters. The molecular formula is C12H17NO. The van der Waals surface area contributed by atoms with E-state index in [2.05, 4.69) is 36.1 Å². The zero-order valence-electron chi connectivity index (χ0n) is 8.61. The first kappa shape index (κ1) is 9.53. The molecule has 0 bridgehead atoms. The zero-order valence-corrected chi connectivity index (χ0v) is 8.61. The number of anilines is 1. The average molecular weight is 191 g/mol. The predicted octanol–water partition coefficient (Wildman–Crippen LogP) is 1.99. The van der Waals surface area contributed by atoms with Crippen LogP contribution in [0.3, 0.4) is 0 Å². The second-order valence-corrected chi connectivity index (χ2v) is 3.81. The van der Waals surface area contributed by atoms with Gasteiger partial charge in [-0.05, 0) is 25.0 Å². The number of likely N-dealkylation sites (N-methyl/N-ethyl adjacent to an activating group) is 1. The van der Waals surface area contributed by atoms with E-state index in [4.69, 9.17) is 5.11 Å². The molecule has 2 heteroatoms. The van der Waals surface area contributed by atoms with Crippen molar-refractivity contribution in [3.8, 4) is 0 Å². The highest BCUT2D eigenvalue weighted by molar-refractivity contribution is 5.59. The van der Waals surface area contributed by atoms with Gasteiger partial charge in [0, 0.05) is 31.3 Å². The summed E-state index contributed by atoms with van der Waals surface area (Å²) in [5.74, 6) is 0.524. The van der Waals surface area contributed by atoms with Crippen LogP contribution in [-0.2, 0) is 0 Å². The van der Waals surface area contributed by atoms with E-state index in [-0.39, 0.29) is 6.61 Å². The summed E-state index contributed by atoms with van der Waals surface area (Å²) < 4.78 is 0. The summed E-state index contributed by atoms with van der Waals surface area (Å²) in [7, 11) is 0. The largest absolute Gasteiger partial charge is 0.396 e. The standard InChI is InChI=1S/C12H17NO/c1-2-13-9-10(7-8-14)11-5-3-4-6-12(11)13/h3-6,10,14H,2,7-9H2,1H3. The number of benzene rings is 1. The topological polar surface area (TPSA) is 23.5 Å². The molecule has 0 saturated carbocycles. The van der Waals surface area contributed by atoms with Gasteiger partial charge in [0.1, 0.15) is 0 Å². The van der Waals surface area contributed by atoms with Gasteiger partial charge in [-0.3, -0.25) is 0 Å². The molecule has 2 nitrogen and oxygen atoms in total. The molecule has 1 N–H and O–H groups in total. The second-order valence-electron chi connectivity index (χ2n) is 3.81. The number of para-hydroxylation sites is 1.